The number of esters is 1. The van der Waals surface area contributed by atoms with E-state index in [2.05, 4.69) is 25.7 Å². The van der Waals surface area contributed by atoms with Gasteiger partial charge < -0.3 is 4.74 Å². The molecule has 1 saturated heterocycles. The van der Waals surface area contributed by atoms with Gasteiger partial charge in [-0.25, -0.2) is 8.42 Å². The summed E-state index contributed by atoms with van der Waals surface area (Å²) in [4.78, 5) is 15.8. The Bertz CT molecular complexity index is 1250. The molecule has 0 radical (unpaired) electrons. The van der Waals surface area contributed by atoms with Crippen molar-refractivity contribution in [1.82, 2.24) is 4.90 Å². The van der Waals surface area contributed by atoms with Gasteiger partial charge in [0.15, 0.2) is 14.6 Å². The van der Waals surface area contributed by atoms with Crippen molar-refractivity contribution in [3.63, 3.8) is 0 Å². The molecule has 0 aromatic heterocycles. The van der Waals surface area contributed by atoms with Crippen LogP contribution in [0.3, 0.4) is 0 Å². The van der Waals surface area contributed by atoms with Crippen LogP contribution in [0.2, 0.25) is 0 Å². The van der Waals surface area contributed by atoms with Crippen LogP contribution in [0.25, 0.3) is 11.1 Å². The van der Waals surface area contributed by atoms with Crippen molar-refractivity contribution >= 4 is 15.8 Å². The number of hydrogen-bond donors (Lipinski definition) is 0. The highest BCUT2D eigenvalue weighted by Crippen LogP contribution is 2.39. The van der Waals surface area contributed by atoms with Gasteiger partial charge in [0, 0.05) is 25.0 Å². The maximum absolute atomic E-state index is 14.1. The zero-order valence-corrected chi connectivity index (χ0v) is 25.2. The lowest BCUT2D eigenvalue weighted by molar-refractivity contribution is -0.151. The summed E-state index contributed by atoms with van der Waals surface area (Å²) in [6.07, 6.45) is -4.32. The monoisotopic (exact) mass is 581 g/mol. The maximum Gasteiger partial charge on any atom is 0.389 e. The minimum atomic E-state index is -4.16. The number of alkyl halides is 3. The number of piperidine rings is 1. The molecule has 1 heterocycles. The molecular weight excluding hydrogens is 539 g/mol. The van der Waals surface area contributed by atoms with Crippen LogP contribution < -0.4 is 0 Å². The number of benzene rings is 2. The van der Waals surface area contributed by atoms with E-state index in [-0.39, 0.29) is 41.7 Å². The Morgan fingerprint density at radius 1 is 0.875 bits per heavy atom. The SMILES string of the molecule is CC(C)(C)COC(=O)C1(S(=O)(=O)c2ccc(-c3ccc(CCCC(F)(F)F)cc3)cc2)CCN(C(C)(C)C)CC1. The fourth-order valence-electron chi connectivity index (χ4n) is 4.94. The number of ether oxygens (including phenoxy) is 1. The van der Waals surface area contributed by atoms with Crippen molar-refractivity contribution in [3.05, 3.63) is 54.1 Å². The second-order valence-corrected chi connectivity index (χ2v) is 15.2. The van der Waals surface area contributed by atoms with E-state index >= 15 is 0 Å². The second-order valence-electron chi connectivity index (χ2n) is 13.0. The Hall–Kier alpha value is -2.39. The predicted molar refractivity (Wildman–Crippen MR) is 152 cm³/mol. The zero-order valence-electron chi connectivity index (χ0n) is 24.4. The molecule has 0 N–H and O–H groups in total. The summed E-state index contributed by atoms with van der Waals surface area (Å²) in [6, 6.07) is 13.7. The van der Waals surface area contributed by atoms with Gasteiger partial charge in [-0.15, -0.1) is 0 Å². The normalized spacial score (nSPS) is 17.0. The number of carbonyl (C=O) groups excluding carboxylic acids is 1. The highest BCUT2D eigenvalue weighted by molar-refractivity contribution is 7.93. The van der Waals surface area contributed by atoms with E-state index in [0.29, 0.717) is 19.5 Å². The van der Waals surface area contributed by atoms with Crippen LogP contribution >= 0.6 is 0 Å². The summed E-state index contributed by atoms with van der Waals surface area (Å²) >= 11 is 0. The highest BCUT2D eigenvalue weighted by atomic mass is 32.2. The van der Waals surface area contributed by atoms with Crippen LogP contribution in [0.1, 0.15) is 72.8 Å². The minimum absolute atomic E-state index is 0.0306. The van der Waals surface area contributed by atoms with E-state index < -0.39 is 33.2 Å². The average Bonchev–Trinajstić information content (AvgIpc) is 2.86. The van der Waals surface area contributed by atoms with Crippen molar-refractivity contribution in [2.45, 2.75) is 95.0 Å². The summed E-state index contributed by atoms with van der Waals surface area (Å²) in [7, 11) is -4.08. The summed E-state index contributed by atoms with van der Waals surface area (Å²) < 4.78 is 69.4. The van der Waals surface area contributed by atoms with Crippen molar-refractivity contribution in [2.24, 2.45) is 5.41 Å². The lowest BCUT2D eigenvalue weighted by atomic mass is 9.92. The molecule has 1 fully saturated rings. The third kappa shape index (κ3) is 7.87. The van der Waals surface area contributed by atoms with Crippen LogP contribution in [0.4, 0.5) is 13.2 Å². The van der Waals surface area contributed by atoms with Crippen LogP contribution in [-0.2, 0) is 25.8 Å². The number of nitrogens with zero attached hydrogens (tertiary/aromatic N) is 1. The summed E-state index contributed by atoms with van der Waals surface area (Å²) in [5.74, 6) is -0.693. The van der Waals surface area contributed by atoms with Crippen LogP contribution in [0, 0.1) is 5.41 Å². The Morgan fingerprint density at radius 2 is 1.38 bits per heavy atom. The Labute approximate surface area is 237 Å². The second kappa shape index (κ2) is 11.8. The van der Waals surface area contributed by atoms with Crippen LogP contribution in [0.15, 0.2) is 53.4 Å². The van der Waals surface area contributed by atoms with Crippen molar-refractivity contribution in [2.75, 3.05) is 19.7 Å². The maximum atomic E-state index is 14.1. The molecule has 0 spiro atoms. The summed E-state index contributed by atoms with van der Waals surface area (Å²) in [6.45, 7) is 13.0. The molecule has 0 amide bonds. The largest absolute Gasteiger partial charge is 0.464 e. The van der Waals surface area contributed by atoms with Gasteiger partial charge in [0.1, 0.15) is 0 Å². The van der Waals surface area contributed by atoms with E-state index in [1.54, 1.807) is 24.3 Å². The number of rotatable bonds is 8. The van der Waals surface area contributed by atoms with E-state index in [4.69, 9.17) is 4.74 Å². The molecule has 1 aliphatic rings. The zero-order chi connectivity index (χ0) is 30.0. The topological polar surface area (TPSA) is 63.7 Å². The lowest BCUT2D eigenvalue weighted by Gasteiger charge is -2.44. The fraction of sp³-hybridized carbons (Fsp3) is 0.581. The van der Waals surface area contributed by atoms with E-state index in [0.717, 1.165) is 16.7 Å². The first-order valence-corrected chi connectivity index (χ1v) is 15.3. The first-order chi connectivity index (χ1) is 18.3. The molecule has 0 bridgehead atoms. The van der Waals surface area contributed by atoms with E-state index in [1.165, 1.54) is 12.1 Å². The number of aryl methyl sites for hydroxylation is 1. The van der Waals surface area contributed by atoms with Gasteiger partial charge in [-0.2, -0.15) is 13.2 Å². The Morgan fingerprint density at radius 3 is 1.82 bits per heavy atom. The molecule has 5 nitrogen and oxygen atoms in total. The Kier molecular flexibility index (Phi) is 9.51. The molecule has 2 aromatic rings. The van der Waals surface area contributed by atoms with Gasteiger partial charge in [-0.3, -0.25) is 9.69 Å². The van der Waals surface area contributed by atoms with Gasteiger partial charge in [0.05, 0.1) is 11.5 Å². The van der Waals surface area contributed by atoms with Crippen molar-refractivity contribution < 1.29 is 31.1 Å². The quantitative estimate of drug-likeness (QED) is 0.308. The number of carbonyl (C=O) groups is 1. The van der Waals surface area contributed by atoms with Gasteiger partial charge in [-0.05, 0) is 80.7 Å². The molecule has 40 heavy (non-hydrogen) atoms. The highest BCUT2D eigenvalue weighted by Gasteiger charge is 2.55. The number of sulfone groups is 1. The van der Waals surface area contributed by atoms with Crippen LogP contribution in [-0.4, -0.2) is 55.4 Å². The fourth-order valence-corrected chi connectivity index (χ4v) is 6.89. The predicted octanol–water partition coefficient (Wildman–Crippen LogP) is 7.23. The van der Waals surface area contributed by atoms with E-state index in [9.17, 15) is 26.4 Å². The first kappa shape index (κ1) is 32.1. The summed E-state index contributed by atoms with van der Waals surface area (Å²) in [5, 5.41) is 0. The summed E-state index contributed by atoms with van der Waals surface area (Å²) in [5.41, 5.74) is 1.95. The average molecular weight is 582 g/mol. The van der Waals surface area contributed by atoms with E-state index in [1.807, 2.05) is 32.9 Å². The molecule has 0 atom stereocenters. The van der Waals surface area contributed by atoms with Gasteiger partial charge in [0.25, 0.3) is 0 Å². The molecule has 3 rings (SSSR count). The Balaban J connectivity index is 1.83. The molecular formula is C31H42F3NO4S. The van der Waals surface area contributed by atoms with Crippen LogP contribution in [0.5, 0.6) is 0 Å². The van der Waals surface area contributed by atoms with Gasteiger partial charge >= 0.3 is 12.1 Å². The van der Waals surface area contributed by atoms with Crippen molar-refractivity contribution in [1.29, 1.82) is 0 Å². The van der Waals surface area contributed by atoms with Gasteiger partial charge in [-0.1, -0.05) is 57.2 Å². The molecule has 222 valence electrons. The lowest BCUT2D eigenvalue weighted by Crippen LogP contribution is -2.58. The van der Waals surface area contributed by atoms with Crippen molar-refractivity contribution in [3.8, 4) is 11.1 Å². The molecule has 0 saturated carbocycles. The molecule has 9 heteroatoms. The van der Waals surface area contributed by atoms with Gasteiger partial charge in [0.2, 0.25) is 0 Å². The smallest absolute Gasteiger partial charge is 0.389 e. The molecule has 0 unspecified atom stereocenters. The third-order valence-corrected chi connectivity index (χ3v) is 9.92. The number of halogens is 3. The number of likely N-dealkylation sites (tertiary alicyclic amines) is 1. The first-order valence-electron chi connectivity index (χ1n) is 13.8. The molecule has 0 aliphatic carbocycles. The molecule has 1 aliphatic heterocycles. The standard InChI is InChI=1S/C31H42F3NO4S/c1-28(2,3)22-39-27(36)30(18-20-35(21-19-30)29(4,5)6)40(37,38)26-15-13-25(14-16-26)24-11-9-23(10-12-24)8-7-17-31(32,33)34/h9-16H,7-8,17-22H2,1-6H3. The number of hydrogen-bond acceptors (Lipinski definition) is 5. The molecule has 2 aromatic carbocycles. The minimum Gasteiger partial charge on any atom is -0.464 e. The third-order valence-electron chi connectivity index (χ3n) is 7.42.